The molecule has 1 aromatic carbocycles. The quantitative estimate of drug-likeness (QED) is 0.306. The average Bonchev–Trinajstić information content (AvgIpc) is 2.26. The van der Waals surface area contributed by atoms with Crippen molar-refractivity contribution in [3.05, 3.63) is 51.5 Å². The van der Waals surface area contributed by atoms with Crippen LogP contribution < -0.4 is 69.3 Å². The summed E-state index contributed by atoms with van der Waals surface area (Å²) in [6.07, 6.45) is 2.07. The SMILES string of the molecule is CC(=C\C(=O)[O-])/C(=C\c1ccc(Br)cc1)C(=O)[O-].[Na+].[Na+]. The van der Waals surface area contributed by atoms with Gasteiger partial charge in [-0.15, -0.1) is 0 Å². The topological polar surface area (TPSA) is 80.3 Å². The molecular formula is C13H9BrNa2O4. The number of hydrogen-bond acceptors (Lipinski definition) is 4. The van der Waals surface area contributed by atoms with Crippen LogP contribution in [0, 0.1) is 0 Å². The van der Waals surface area contributed by atoms with E-state index in [0.29, 0.717) is 5.56 Å². The molecule has 4 nitrogen and oxygen atoms in total. The van der Waals surface area contributed by atoms with Gasteiger partial charge in [-0.3, -0.25) is 0 Å². The largest absolute Gasteiger partial charge is 1.00 e. The van der Waals surface area contributed by atoms with Crippen LogP contribution in [0.25, 0.3) is 6.08 Å². The predicted octanol–water partition coefficient (Wildman–Crippen LogP) is -5.71. The van der Waals surface area contributed by atoms with Crippen molar-refractivity contribution in [2.75, 3.05) is 0 Å². The third-order valence-corrected chi connectivity index (χ3v) is 2.69. The molecule has 0 aliphatic carbocycles. The van der Waals surface area contributed by atoms with Crippen molar-refractivity contribution in [3.8, 4) is 0 Å². The number of rotatable bonds is 4. The van der Waals surface area contributed by atoms with Gasteiger partial charge < -0.3 is 19.8 Å². The Hall–Kier alpha value is 0.120. The van der Waals surface area contributed by atoms with E-state index in [4.69, 9.17) is 0 Å². The zero-order valence-electron chi connectivity index (χ0n) is 11.5. The number of hydrogen-bond donors (Lipinski definition) is 0. The van der Waals surface area contributed by atoms with Gasteiger partial charge in [0, 0.05) is 10.0 Å². The number of benzene rings is 1. The zero-order valence-corrected chi connectivity index (χ0v) is 17.1. The molecule has 0 fully saturated rings. The Bertz CT molecular complexity index is 536. The van der Waals surface area contributed by atoms with E-state index in [2.05, 4.69) is 15.9 Å². The molecule has 0 amide bonds. The summed E-state index contributed by atoms with van der Waals surface area (Å²) >= 11 is 3.26. The fraction of sp³-hybridized carbons (Fsp3) is 0.0769. The maximum Gasteiger partial charge on any atom is 1.00 e. The Balaban J connectivity index is 0. The summed E-state index contributed by atoms with van der Waals surface area (Å²) in [5.41, 5.74) is 0.503. The van der Waals surface area contributed by atoms with Crippen molar-refractivity contribution < 1.29 is 78.9 Å². The molecule has 1 aromatic rings. The molecule has 0 bridgehead atoms. The van der Waals surface area contributed by atoms with Crippen LogP contribution in [0.15, 0.2) is 46.0 Å². The van der Waals surface area contributed by atoms with Gasteiger partial charge in [0.25, 0.3) is 0 Å². The first kappa shape index (κ1) is 22.4. The van der Waals surface area contributed by atoms with Crippen LogP contribution in [0.4, 0.5) is 0 Å². The van der Waals surface area contributed by atoms with Crippen LogP contribution >= 0.6 is 15.9 Å². The molecule has 0 atom stereocenters. The first-order chi connectivity index (χ1) is 8.40. The van der Waals surface area contributed by atoms with E-state index < -0.39 is 11.9 Å². The Morgan fingerprint density at radius 3 is 2.00 bits per heavy atom. The van der Waals surface area contributed by atoms with E-state index in [1.165, 1.54) is 13.0 Å². The molecule has 7 heteroatoms. The fourth-order valence-corrected chi connectivity index (χ4v) is 1.58. The second-order valence-corrected chi connectivity index (χ2v) is 4.46. The maximum absolute atomic E-state index is 11.0. The monoisotopic (exact) mass is 354 g/mol. The number of carboxylic acids is 2. The summed E-state index contributed by atoms with van der Waals surface area (Å²) in [5, 5.41) is 21.4. The van der Waals surface area contributed by atoms with Crippen LogP contribution in [0.1, 0.15) is 12.5 Å². The van der Waals surface area contributed by atoms with Crippen molar-refractivity contribution in [1.82, 2.24) is 0 Å². The van der Waals surface area contributed by atoms with E-state index in [1.54, 1.807) is 24.3 Å². The van der Waals surface area contributed by atoms with Gasteiger partial charge in [0.05, 0.1) is 11.9 Å². The van der Waals surface area contributed by atoms with Gasteiger partial charge in [0.15, 0.2) is 0 Å². The molecule has 0 aliphatic heterocycles. The Morgan fingerprint density at radius 2 is 1.60 bits per heavy atom. The normalized spacial score (nSPS) is 11.1. The van der Waals surface area contributed by atoms with Crippen molar-refractivity contribution in [2.45, 2.75) is 6.92 Å². The molecule has 0 spiro atoms. The second kappa shape index (κ2) is 10.8. The van der Waals surface area contributed by atoms with E-state index in [0.717, 1.165) is 10.5 Å². The van der Waals surface area contributed by atoms with Crippen LogP contribution in [-0.4, -0.2) is 11.9 Å². The molecule has 0 saturated heterocycles. The van der Waals surface area contributed by atoms with Crippen molar-refractivity contribution in [2.24, 2.45) is 0 Å². The first-order valence-corrected chi connectivity index (χ1v) is 5.77. The van der Waals surface area contributed by atoms with Crippen molar-refractivity contribution in [1.29, 1.82) is 0 Å². The number of carbonyl (C=O) groups excluding carboxylic acids is 2. The van der Waals surface area contributed by atoms with Crippen molar-refractivity contribution in [3.63, 3.8) is 0 Å². The predicted molar refractivity (Wildman–Crippen MR) is 65.9 cm³/mol. The van der Waals surface area contributed by atoms with Gasteiger partial charge in [0.2, 0.25) is 0 Å². The van der Waals surface area contributed by atoms with Crippen LogP contribution in [0.2, 0.25) is 0 Å². The van der Waals surface area contributed by atoms with E-state index in [-0.39, 0.29) is 70.3 Å². The molecule has 0 aromatic heterocycles. The van der Waals surface area contributed by atoms with E-state index in [1.807, 2.05) is 0 Å². The van der Waals surface area contributed by atoms with Crippen LogP contribution in [0.5, 0.6) is 0 Å². The van der Waals surface area contributed by atoms with Crippen LogP contribution in [-0.2, 0) is 9.59 Å². The molecule has 20 heavy (non-hydrogen) atoms. The number of halogens is 1. The van der Waals surface area contributed by atoms with Gasteiger partial charge in [-0.2, -0.15) is 0 Å². The number of aliphatic carboxylic acids is 2. The van der Waals surface area contributed by atoms with Crippen molar-refractivity contribution >= 4 is 33.9 Å². The summed E-state index contributed by atoms with van der Waals surface area (Å²) in [4.78, 5) is 21.4. The summed E-state index contributed by atoms with van der Waals surface area (Å²) in [5.74, 6) is -2.89. The molecule has 94 valence electrons. The van der Waals surface area contributed by atoms with Gasteiger partial charge in [-0.05, 0) is 42.3 Å². The minimum absolute atomic E-state index is 0. The zero-order chi connectivity index (χ0) is 13.7. The molecule has 0 N–H and O–H groups in total. The summed E-state index contributed by atoms with van der Waals surface area (Å²) in [7, 11) is 0. The Labute approximate surface area is 169 Å². The van der Waals surface area contributed by atoms with Gasteiger partial charge in [-0.1, -0.05) is 28.1 Å². The Kier molecular flexibility index (Phi) is 12.1. The molecule has 0 unspecified atom stereocenters. The number of carboxylic acid groups (broad SMARTS) is 2. The van der Waals surface area contributed by atoms with E-state index >= 15 is 0 Å². The minimum Gasteiger partial charge on any atom is -0.545 e. The fourth-order valence-electron chi connectivity index (χ4n) is 1.31. The molecule has 0 radical (unpaired) electrons. The smallest absolute Gasteiger partial charge is 0.545 e. The van der Waals surface area contributed by atoms with E-state index in [9.17, 15) is 19.8 Å². The molecular weight excluding hydrogens is 346 g/mol. The third kappa shape index (κ3) is 7.78. The Morgan fingerprint density at radius 1 is 1.10 bits per heavy atom. The molecule has 0 aliphatic rings. The van der Waals surface area contributed by atoms with Gasteiger partial charge in [0.1, 0.15) is 0 Å². The standard InChI is InChI=1S/C13H11BrO4.2Na/c1-8(6-12(15)16)11(13(17)18)7-9-2-4-10(14)5-3-9;;/h2-7H,1H3,(H,15,16)(H,17,18);;/q;2*+1/p-2/b8-6+,11-7+;;. The average molecular weight is 355 g/mol. The third-order valence-electron chi connectivity index (χ3n) is 2.16. The summed E-state index contributed by atoms with van der Waals surface area (Å²) < 4.78 is 0.858. The van der Waals surface area contributed by atoms with Gasteiger partial charge in [-0.25, -0.2) is 0 Å². The molecule has 1 rings (SSSR count). The van der Waals surface area contributed by atoms with Crippen LogP contribution in [0.3, 0.4) is 0 Å². The second-order valence-electron chi connectivity index (χ2n) is 3.54. The number of carbonyl (C=O) groups is 2. The summed E-state index contributed by atoms with van der Waals surface area (Å²) in [6, 6.07) is 6.88. The molecule has 0 heterocycles. The first-order valence-electron chi connectivity index (χ1n) is 4.98. The minimum atomic E-state index is -1.45. The van der Waals surface area contributed by atoms with Gasteiger partial charge >= 0.3 is 59.1 Å². The molecule has 0 saturated carbocycles. The maximum atomic E-state index is 11.0. The summed E-state index contributed by atoms with van der Waals surface area (Å²) in [6.45, 7) is 1.37.